The molecule has 1 rings (SSSR count). The van der Waals surface area contributed by atoms with Crippen molar-refractivity contribution < 1.29 is 9.47 Å². The highest BCUT2D eigenvalue weighted by Crippen LogP contribution is 2.27. The Labute approximate surface area is 110 Å². The van der Waals surface area contributed by atoms with Gasteiger partial charge in [-0.25, -0.2) is 0 Å². The summed E-state index contributed by atoms with van der Waals surface area (Å²) < 4.78 is 10.9. The van der Waals surface area contributed by atoms with Crippen molar-refractivity contribution in [1.29, 1.82) is 0 Å². The van der Waals surface area contributed by atoms with Gasteiger partial charge in [-0.2, -0.15) is 0 Å². The number of methoxy groups -OCH3 is 1. The predicted molar refractivity (Wildman–Crippen MR) is 75.2 cm³/mol. The molecule has 0 radical (unpaired) electrons. The van der Waals surface area contributed by atoms with E-state index < -0.39 is 0 Å². The molecule has 0 bridgehead atoms. The van der Waals surface area contributed by atoms with Crippen molar-refractivity contribution >= 4 is 0 Å². The van der Waals surface area contributed by atoms with Gasteiger partial charge in [-0.1, -0.05) is 32.9 Å². The Hall–Kier alpha value is -1.06. The molecule has 3 heteroatoms. The van der Waals surface area contributed by atoms with E-state index in [4.69, 9.17) is 15.2 Å². The number of aryl methyl sites for hydroxylation is 1. The molecule has 102 valence electrons. The molecular weight excluding hydrogens is 226 g/mol. The van der Waals surface area contributed by atoms with Crippen molar-refractivity contribution in [1.82, 2.24) is 0 Å². The number of nitrogens with two attached hydrogens (primary N) is 1. The minimum atomic E-state index is -0.0887. The smallest absolute Gasteiger partial charge is 0.134 e. The Kier molecular flexibility index (Phi) is 5.17. The summed E-state index contributed by atoms with van der Waals surface area (Å²) >= 11 is 0. The Balaban J connectivity index is 2.85. The van der Waals surface area contributed by atoms with Gasteiger partial charge in [0.15, 0.2) is 0 Å². The number of hydrogen-bond donors (Lipinski definition) is 1. The van der Waals surface area contributed by atoms with E-state index in [-0.39, 0.29) is 11.5 Å². The van der Waals surface area contributed by atoms with Gasteiger partial charge in [0.05, 0.1) is 6.61 Å². The number of hydrogen-bond acceptors (Lipinski definition) is 3. The van der Waals surface area contributed by atoms with Crippen molar-refractivity contribution in [2.45, 2.75) is 39.2 Å². The van der Waals surface area contributed by atoms with Crippen LogP contribution in [-0.2, 0) is 10.2 Å². The van der Waals surface area contributed by atoms with E-state index in [9.17, 15) is 0 Å². The molecule has 0 heterocycles. The molecule has 3 nitrogen and oxygen atoms in total. The lowest BCUT2D eigenvalue weighted by molar-refractivity contribution is 0.0855. The molecule has 0 aliphatic rings. The number of ether oxygens (including phenoxy) is 2. The van der Waals surface area contributed by atoms with Gasteiger partial charge in [-0.15, -0.1) is 0 Å². The third kappa shape index (κ3) is 4.00. The molecule has 0 aliphatic heterocycles. The molecule has 1 aromatic carbocycles. The van der Waals surface area contributed by atoms with Crippen molar-refractivity contribution in [2.24, 2.45) is 5.73 Å². The van der Waals surface area contributed by atoms with Gasteiger partial charge in [0.2, 0.25) is 0 Å². The molecule has 0 saturated heterocycles. The topological polar surface area (TPSA) is 44.5 Å². The first-order valence-electron chi connectivity index (χ1n) is 6.35. The van der Waals surface area contributed by atoms with E-state index in [1.807, 2.05) is 6.07 Å². The maximum absolute atomic E-state index is 5.85. The second-order valence-corrected chi connectivity index (χ2v) is 5.66. The monoisotopic (exact) mass is 251 g/mol. The third-order valence-corrected chi connectivity index (χ3v) is 2.95. The number of benzene rings is 1. The van der Waals surface area contributed by atoms with Gasteiger partial charge in [0.1, 0.15) is 11.9 Å². The van der Waals surface area contributed by atoms with Crippen LogP contribution in [0.4, 0.5) is 0 Å². The molecule has 0 amide bonds. The maximum atomic E-state index is 5.85. The first kappa shape index (κ1) is 15.0. The summed E-state index contributed by atoms with van der Waals surface area (Å²) in [6.07, 6.45) is -0.0887. The van der Waals surface area contributed by atoms with Crippen LogP contribution in [0.2, 0.25) is 0 Å². The second-order valence-electron chi connectivity index (χ2n) is 5.66. The first-order valence-corrected chi connectivity index (χ1v) is 6.35. The van der Waals surface area contributed by atoms with Crippen LogP contribution in [0.3, 0.4) is 0 Å². The van der Waals surface area contributed by atoms with E-state index in [2.05, 4.69) is 39.8 Å². The standard InChI is InChI=1S/C15H25NO2/c1-11-8-12(15(2,3)4)6-7-14(11)18-13(9-16)10-17-5/h6-8,13H,9-10,16H2,1-5H3. The third-order valence-electron chi connectivity index (χ3n) is 2.95. The zero-order chi connectivity index (χ0) is 13.8. The molecule has 1 aromatic rings. The summed E-state index contributed by atoms with van der Waals surface area (Å²) in [5.41, 5.74) is 8.25. The van der Waals surface area contributed by atoms with Crippen LogP contribution in [0.15, 0.2) is 18.2 Å². The average molecular weight is 251 g/mol. The quantitative estimate of drug-likeness (QED) is 0.875. The molecule has 18 heavy (non-hydrogen) atoms. The summed E-state index contributed by atoms with van der Waals surface area (Å²) in [6, 6.07) is 6.31. The minimum Gasteiger partial charge on any atom is -0.486 e. The van der Waals surface area contributed by atoms with Gasteiger partial charge in [-0.3, -0.25) is 0 Å². The normalized spacial score (nSPS) is 13.4. The molecule has 0 fully saturated rings. The summed E-state index contributed by atoms with van der Waals surface area (Å²) in [6.45, 7) is 9.64. The van der Waals surface area contributed by atoms with Gasteiger partial charge in [0.25, 0.3) is 0 Å². The van der Waals surface area contributed by atoms with Crippen LogP contribution < -0.4 is 10.5 Å². The van der Waals surface area contributed by atoms with Crippen molar-refractivity contribution in [3.05, 3.63) is 29.3 Å². The first-order chi connectivity index (χ1) is 8.38. The molecule has 0 aromatic heterocycles. The summed E-state index contributed by atoms with van der Waals surface area (Å²) in [5, 5.41) is 0. The lowest BCUT2D eigenvalue weighted by Crippen LogP contribution is -2.31. The van der Waals surface area contributed by atoms with Gasteiger partial charge in [0, 0.05) is 13.7 Å². The van der Waals surface area contributed by atoms with Crippen LogP contribution in [-0.4, -0.2) is 26.4 Å². The fourth-order valence-corrected chi connectivity index (χ4v) is 1.76. The van der Waals surface area contributed by atoms with Crippen molar-refractivity contribution in [2.75, 3.05) is 20.3 Å². The Bertz CT molecular complexity index is 383. The lowest BCUT2D eigenvalue weighted by Gasteiger charge is -2.22. The van der Waals surface area contributed by atoms with Crippen molar-refractivity contribution in [3.8, 4) is 5.75 Å². The summed E-state index contributed by atoms with van der Waals surface area (Å²) in [7, 11) is 1.65. The van der Waals surface area contributed by atoms with E-state index in [0.717, 1.165) is 11.3 Å². The Morgan fingerprint density at radius 1 is 1.28 bits per heavy atom. The Morgan fingerprint density at radius 3 is 2.39 bits per heavy atom. The molecule has 1 unspecified atom stereocenters. The van der Waals surface area contributed by atoms with E-state index >= 15 is 0 Å². The fourth-order valence-electron chi connectivity index (χ4n) is 1.76. The summed E-state index contributed by atoms with van der Waals surface area (Å²) in [5.74, 6) is 0.885. The highest BCUT2D eigenvalue weighted by Gasteiger charge is 2.16. The molecular formula is C15H25NO2. The second kappa shape index (κ2) is 6.21. The van der Waals surface area contributed by atoms with Crippen LogP contribution in [0.25, 0.3) is 0 Å². The molecule has 0 aliphatic carbocycles. The molecule has 1 atom stereocenters. The van der Waals surface area contributed by atoms with Crippen LogP contribution in [0, 0.1) is 6.92 Å². The average Bonchev–Trinajstić information content (AvgIpc) is 2.29. The Morgan fingerprint density at radius 2 is 1.94 bits per heavy atom. The zero-order valence-electron chi connectivity index (χ0n) is 12.1. The van der Waals surface area contributed by atoms with Crippen LogP contribution >= 0.6 is 0 Å². The largest absolute Gasteiger partial charge is 0.486 e. The maximum Gasteiger partial charge on any atom is 0.134 e. The molecule has 0 saturated carbocycles. The zero-order valence-corrected chi connectivity index (χ0v) is 12.1. The highest BCUT2D eigenvalue weighted by atomic mass is 16.5. The number of rotatable bonds is 5. The predicted octanol–water partition coefficient (Wildman–Crippen LogP) is 2.65. The fraction of sp³-hybridized carbons (Fsp3) is 0.600. The van der Waals surface area contributed by atoms with E-state index in [0.29, 0.717) is 13.2 Å². The molecule has 0 spiro atoms. The van der Waals surface area contributed by atoms with E-state index in [1.165, 1.54) is 5.56 Å². The van der Waals surface area contributed by atoms with E-state index in [1.54, 1.807) is 7.11 Å². The van der Waals surface area contributed by atoms with Gasteiger partial charge in [-0.05, 0) is 29.5 Å². The van der Waals surface area contributed by atoms with Crippen molar-refractivity contribution in [3.63, 3.8) is 0 Å². The molecule has 2 N–H and O–H groups in total. The van der Waals surface area contributed by atoms with Gasteiger partial charge < -0.3 is 15.2 Å². The minimum absolute atomic E-state index is 0.0887. The van der Waals surface area contributed by atoms with Crippen LogP contribution in [0.1, 0.15) is 31.9 Å². The lowest BCUT2D eigenvalue weighted by atomic mass is 9.86. The summed E-state index contributed by atoms with van der Waals surface area (Å²) in [4.78, 5) is 0. The van der Waals surface area contributed by atoms with Gasteiger partial charge >= 0.3 is 0 Å². The SMILES string of the molecule is COCC(CN)Oc1ccc(C(C)(C)C)cc1C. The van der Waals surface area contributed by atoms with Crippen LogP contribution in [0.5, 0.6) is 5.75 Å². The highest BCUT2D eigenvalue weighted by molar-refractivity contribution is 5.38.